The molecule has 0 fully saturated rings. The molecular weight excluding hydrogens is 677 g/mol. The Bertz CT molecular complexity index is 934. The minimum atomic E-state index is -4.29. The van der Waals surface area contributed by atoms with E-state index in [0.717, 1.165) is 77.8 Å². The topological polar surface area (TPSA) is 149 Å². The monoisotopic (exact) mass is 759 g/mol. The van der Waals surface area contributed by atoms with Crippen molar-refractivity contribution in [1.29, 1.82) is 0 Å². The van der Waals surface area contributed by atoms with Gasteiger partial charge in [0.2, 0.25) is 0 Å². The maximum absolute atomic E-state index is 11.6. The minimum absolute atomic E-state index is 0.271. The molecule has 0 rings (SSSR count). The van der Waals surface area contributed by atoms with Gasteiger partial charge in [-0.1, -0.05) is 117 Å². The molecule has 12 heteroatoms. The van der Waals surface area contributed by atoms with Gasteiger partial charge < -0.3 is 19.2 Å². The third-order valence-electron chi connectivity index (χ3n) is 10.8. The molecular formula is C38H82N2O8S2+2. The van der Waals surface area contributed by atoms with Crippen LogP contribution in [0, 0.1) is 0 Å². The molecule has 0 saturated heterocycles. The summed E-state index contributed by atoms with van der Waals surface area (Å²) in [5.41, 5.74) is 0. The fraction of sp³-hybridized carbons (Fsp3) is 1.00. The lowest BCUT2D eigenvalue weighted by Crippen LogP contribution is -2.56. The van der Waals surface area contributed by atoms with Crippen molar-refractivity contribution in [2.45, 2.75) is 181 Å². The summed E-state index contributed by atoms with van der Waals surface area (Å²) in [6.07, 6.45) is 23.9. The average molecular weight is 759 g/mol. The van der Waals surface area contributed by atoms with Crippen LogP contribution in [0.2, 0.25) is 0 Å². The van der Waals surface area contributed by atoms with E-state index in [9.17, 15) is 36.2 Å². The molecule has 10 nitrogen and oxygen atoms in total. The molecule has 0 bridgehead atoms. The molecule has 302 valence electrons. The van der Waals surface area contributed by atoms with E-state index in [1.54, 1.807) is 0 Å². The number of quaternary nitrogens is 2. The van der Waals surface area contributed by atoms with Crippen molar-refractivity contribution in [1.82, 2.24) is 0 Å². The molecule has 0 aromatic heterocycles. The second-order valence-corrected chi connectivity index (χ2v) is 18.4. The van der Waals surface area contributed by atoms with Crippen LogP contribution in [0.4, 0.5) is 0 Å². The number of rotatable bonds is 37. The zero-order valence-corrected chi connectivity index (χ0v) is 34.5. The number of aliphatic hydroxyl groups excluding tert-OH is 2. The highest BCUT2D eigenvalue weighted by molar-refractivity contribution is 7.86. The first-order chi connectivity index (χ1) is 23.7. The van der Waals surface area contributed by atoms with Gasteiger partial charge in [0.05, 0.1) is 39.3 Å². The van der Waals surface area contributed by atoms with E-state index in [-0.39, 0.29) is 13.1 Å². The van der Waals surface area contributed by atoms with Crippen LogP contribution in [0.3, 0.4) is 0 Å². The van der Waals surface area contributed by atoms with Crippen LogP contribution in [-0.4, -0.2) is 121 Å². The van der Waals surface area contributed by atoms with Gasteiger partial charge in [-0.05, 0) is 39.5 Å². The molecule has 0 aromatic rings. The second kappa shape index (κ2) is 29.1. The smallest absolute Gasteiger partial charge is 0.267 e. The summed E-state index contributed by atoms with van der Waals surface area (Å²) in [6, 6.07) is 0. The first-order valence-corrected chi connectivity index (χ1v) is 23.8. The molecule has 0 saturated carbocycles. The highest BCUT2D eigenvalue weighted by atomic mass is 32.2. The molecule has 0 aliphatic carbocycles. The molecule has 0 radical (unpaired) electrons. The Hall–Kier alpha value is -0.340. The van der Waals surface area contributed by atoms with Gasteiger partial charge in [0.15, 0.2) is 0 Å². The Morgan fingerprint density at radius 3 is 0.840 bits per heavy atom. The van der Waals surface area contributed by atoms with E-state index >= 15 is 0 Å². The molecule has 0 amide bonds. The molecule has 0 aliphatic rings. The van der Waals surface area contributed by atoms with Gasteiger partial charge in [-0.25, -0.2) is 0 Å². The van der Waals surface area contributed by atoms with Crippen molar-refractivity contribution in [2.24, 2.45) is 0 Å². The highest BCUT2D eigenvalue weighted by Crippen LogP contribution is 2.20. The van der Waals surface area contributed by atoms with Crippen molar-refractivity contribution in [3.8, 4) is 0 Å². The number of aliphatic hydroxyl groups is 2. The van der Waals surface area contributed by atoms with Gasteiger partial charge in [0, 0.05) is 12.8 Å². The largest absolute Gasteiger partial charge is 0.386 e. The lowest BCUT2D eigenvalue weighted by atomic mass is 10.1. The number of unbranched alkanes of at least 4 members (excludes halogenated alkanes) is 19. The Balaban J connectivity index is 5.31. The predicted octanol–water partition coefficient (Wildman–Crippen LogP) is 7.78. The molecule has 0 aliphatic heterocycles. The summed E-state index contributed by atoms with van der Waals surface area (Å²) in [6.45, 7) is 13.9. The van der Waals surface area contributed by atoms with Crippen LogP contribution in [0.1, 0.15) is 169 Å². The lowest BCUT2D eigenvalue weighted by molar-refractivity contribution is -0.935. The van der Waals surface area contributed by atoms with E-state index in [4.69, 9.17) is 0 Å². The summed E-state index contributed by atoms with van der Waals surface area (Å²) in [4.78, 5) is 0. The van der Waals surface area contributed by atoms with Gasteiger partial charge in [-0.3, -0.25) is 9.11 Å². The Morgan fingerprint density at radius 2 is 0.620 bits per heavy atom. The van der Waals surface area contributed by atoms with Crippen molar-refractivity contribution in [2.75, 3.05) is 63.9 Å². The maximum atomic E-state index is 11.6. The van der Waals surface area contributed by atoms with Crippen molar-refractivity contribution >= 4 is 20.2 Å². The van der Waals surface area contributed by atoms with Gasteiger partial charge in [-0.15, -0.1) is 0 Å². The van der Waals surface area contributed by atoms with Crippen molar-refractivity contribution in [3.63, 3.8) is 0 Å². The van der Waals surface area contributed by atoms with Crippen LogP contribution < -0.4 is 0 Å². The first-order valence-electron chi connectivity index (χ1n) is 20.6. The quantitative estimate of drug-likeness (QED) is 0.0285. The summed E-state index contributed by atoms with van der Waals surface area (Å²) in [7, 11) is -8.58. The lowest BCUT2D eigenvalue weighted by Gasteiger charge is -2.41. The molecule has 0 aromatic carbocycles. The fourth-order valence-corrected chi connectivity index (χ4v) is 8.91. The van der Waals surface area contributed by atoms with Crippen LogP contribution in [0.25, 0.3) is 0 Å². The van der Waals surface area contributed by atoms with E-state index in [1.165, 1.54) is 103 Å². The Labute approximate surface area is 309 Å². The van der Waals surface area contributed by atoms with Crippen molar-refractivity contribution in [3.05, 3.63) is 0 Å². The van der Waals surface area contributed by atoms with Gasteiger partial charge in [0.25, 0.3) is 20.2 Å². The number of nitrogens with zero attached hydrogens (tertiary/aromatic N) is 2. The Morgan fingerprint density at radius 1 is 0.400 bits per heavy atom. The van der Waals surface area contributed by atoms with Gasteiger partial charge >= 0.3 is 0 Å². The van der Waals surface area contributed by atoms with E-state index in [1.807, 2.05) is 0 Å². The van der Waals surface area contributed by atoms with E-state index < -0.39 is 43.9 Å². The third-order valence-corrected chi connectivity index (χ3v) is 12.4. The normalized spacial score (nSPS) is 16.2. The fourth-order valence-electron chi connectivity index (χ4n) is 7.73. The molecule has 0 heterocycles. The zero-order chi connectivity index (χ0) is 37.8. The van der Waals surface area contributed by atoms with Gasteiger partial charge in [0.1, 0.15) is 36.8 Å². The number of likely N-dealkylation sites (N-methyl/N-ethyl adjacent to an activating group) is 2. The van der Waals surface area contributed by atoms with E-state index in [2.05, 4.69) is 27.7 Å². The summed E-state index contributed by atoms with van der Waals surface area (Å²) in [5, 5.41) is 21.4. The van der Waals surface area contributed by atoms with Crippen LogP contribution in [-0.2, 0) is 20.2 Å². The third kappa shape index (κ3) is 28.2. The Kier molecular flexibility index (Phi) is 28.9. The van der Waals surface area contributed by atoms with Gasteiger partial charge in [-0.2, -0.15) is 16.8 Å². The number of hydrogen-bond donors (Lipinski definition) is 4. The first kappa shape index (κ1) is 49.7. The predicted molar refractivity (Wildman–Crippen MR) is 209 cm³/mol. The van der Waals surface area contributed by atoms with Crippen molar-refractivity contribution < 1.29 is 45.1 Å². The molecule has 4 atom stereocenters. The summed E-state index contributed by atoms with van der Waals surface area (Å²) < 4.78 is 66.2. The SMILES string of the molecule is CCCCCCCCCCCC[N+](CC)(CCCC[N+](CC)(CCCCCCCCCCCC)CC(O)CS(=O)(=O)O)CC(O)CS(=O)(=O)O. The number of hydrogen-bond acceptors (Lipinski definition) is 6. The van der Waals surface area contributed by atoms with E-state index in [0.29, 0.717) is 8.97 Å². The second-order valence-electron chi connectivity index (χ2n) is 15.5. The molecule has 4 N–H and O–H groups in total. The maximum Gasteiger partial charge on any atom is 0.267 e. The molecule has 0 spiro atoms. The highest BCUT2D eigenvalue weighted by Gasteiger charge is 2.33. The summed E-state index contributed by atoms with van der Waals surface area (Å²) >= 11 is 0. The molecule has 50 heavy (non-hydrogen) atoms. The minimum Gasteiger partial charge on any atom is -0.386 e. The summed E-state index contributed by atoms with van der Waals surface area (Å²) in [5.74, 6) is -1.32. The average Bonchev–Trinajstić information content (AvgIpc) is 3.02. The van der Waals surface area contributed by atoms with Crippen LogP contribution in [0.5, 0.6) is 0 Å². The van der Waals surface area contributed by atoms with Crippen LogP contribution in [0.15, 0.2) is 0 Å². The molecule has 4 unspecified atom stereocenters. The zero-order valence-electron chi connectivity index (χ0n) is 32.9. The standard InChI is InChI=1S/C38H80N2O8S2/c1-5-9-11-13-15-17-19-21-23-25-29-39(7-3,33-37(41)35-49(43,44)45)31-27-28-32-40(8-4,34-38(42)36-50(46,47)48)30-26-24-22-20-18-16-14-12-10-6-2/h37-38,41-42H,5-36H2,1-4H3/p+2. The van der Waals surface area contributed by atoms with Crippen LogP contribution >= 0.6 is 0 Å².